The summed E-state index contributed by atoms with van der Waals surface area (Å²) in [7, 11) is -3.26. The molecule has 1 atom stereocenters. The van der Waals surface area contributed by atoms with Gasteiger partial charge in [-0.15, -0.1) is 0 Å². The second-order valence-corrected chi connectivity index (χ2v) is 7.33. The number of halogens is 1. The highest BCUT2D eigenvalue weighted by Gasteiger charge is 2.13. The lowest BCUT2D eigenvalue weighted by molar-refractivity contribution is 0.602. The Kier molecular flexibility index (Phi) is 4.44. The maximum absolute atomic E-state index is 11.5. The maximum atomic E-state index is 11.5. The van der Waals surface area contributed by atoms with E-state index in [2.05, 4.69) is 5.32 Å². The number of hydrogen-bond acceptors (Lipinski definition) is 4. The first-order chi connectivity index (χ1) is 9.79. The predicted octanol–water partition coefficient (Wildman–Crippen LogP) is 3.50. The Morgan fingerprint density at radius 1 is 1.19 bits per heavy atom. The Morgan fingerprint density at radius 2 is 1.86 bits per heavy atom. The predicted molar refractivity (Wildman–Crippen MR) is 87.5 cm³/mol. The highest BCUT2D eigenvalue weighted by atomic mass is 35.5. The molecule has 0 aliphatic heterocycles. The van der Waals surface area contributed by atoms with Crippen molar-refractivity contribution in [2.75, 3.05) is 17.3 Å². The normalized spacial score (nSPS) is 12.9. The highest BCUT2D eigenvalue weighted by Crippen LogP contribution is 2.29. The van der Waals surface area contributed by atoms with Crippen LogP contribution in [-0.4, -0.2) is 14.7 Å². The molecular weight excluding hydrogens is 308 g/mol. The molecule has 1 unspecified atom stereocenters. The number of nitrogen functional groups attached to an aromatic ring is 1. The van der Waals surface area contributed by atoms with E-state index < -0.39 is 9.84 Å². The molecule has 4 nitrogen and oxygen atoms in total. The summed E-state index contributed by atoms with van der Waals surface area (Å²) < 4.78 is 23.0. The van der Waals surface area contributed by atoms with Gasteiger partial charge in [0.1, 0.15) is 0 Å². The van der Waals surface area contributed by atoms with Gasteiger partial charge in [-0.05, 0) is 36.8 Å². The number of rotatable bonds is 4. The quantitative estimate of drug-likeness (QED) is 0.844. The summed E-state index contributed by atoms with van der Waals surface area (Å²) in [6.45, 7) is 1.96. The summed E-state index contributed by atoms with van der Waals surface area (Å²) in [5.41, 5.74) is 7.93. The number of benzene rings is 2. The molecule has 2 aromatic carbocycles. The first-order valence-electron chi connectivity index (χ1n) is 6.39. The van der Waals surface area contributed by atoms with E-state index >= 15 is 0 Å². The van der Waals surface area contributed by atoms with Crippen molar-refractivity contribution in [3.05, 3.63) is 53.1 Å². The molecule has 3 N–H and O–H groups in total. The van der Waals surface area contributed by atoms with Crippen molar-refractivity contribution in [3.63, 3.8) is 0 Å². The minimum absolute atomic E-state index is 0.0508. The molecule has 0 aliphatic rings. The van der Waals surface area contributed by atoms with Crippen molar-refractivity contribution >= 4 is 32.8 Å². The van der Waals surface area contributed by atoms with Crippen molar-refractivity contribution in [2.24, 2.45) is 0 Å². The van der Waals surface area contributed by atoms with Gasteiger partial charge in [-0.2, -0.15) is 0 Å². The Bertz CT molecular complexity index is 760. The summed E-state index contributed by atoms with van der Waals surface area (Å²) in [5, 5.41) is 3.91. The fourth-order valence-corrected chi connectivity index (χ4v) is 3.00. The van der Waals surface area contributed by atoms with Crippen LogP contribution in [0.4, 0.5) is 11.4 Å². The van der Waals surface area contributed by atoms with Gasteiger partial charge in [0.2, 0.25) is 0 Å². The molecule has 0 heterocycles. The Balaban J connectivity index is 2.27. The Morgan fingerprint density at radius 3 is 2.43 bits per heavy atom. The van der Waals surface area contributed by atoms with Crippen molar-refractivity contribution in [2.45, 2.75) is 17.9 Å². The maximum Gasteiger partial charge on any atom is 0.175 e. The molecule has 0 saturated heterocycles. The number of nitrogens with two attached hydrogens (primary N) is 1. The van der Waals surface area contributed by atoms with E-state index in [1.165, 1.54) is 12.1 Å². The van der Waals surface area contributed by atoms with E-state index in [9.17, 15) is 8.42 Å². The molecule has 0 radical (unpaired) electrons. The van der Waals surface area contributed by atoms with Crippen molar-refractivity contribution in [1.82, 2.24) is 0 Å². The lowest BCUT2D eigenvalue weighted by Gasteiger charge is -2.18. The number of anilines is 2. The number of sulfone groups is 1. The lowest BCUT2D eigenvalue weighted by atomic mass is 10.1. The molecule has 0 bridgehead atoms. The molecule has 0 aromatic heterocycles. The summed E-state index contributed by atoms with van der Waals surface area (Å²) in [4.78, 5) is 0.205. The van der Waals surface area contributed by atoms with Gasteiger partial charge >= 0.3 is 0 Å². The lowest BCUT2D eigenvalue weighted by Crippen LogP contribution is -2.09. The molecule has 2 aromatic rings. The summed E-state index contributed by atoms with van der Waals surface area (Å²) in [5.74, 6) is 0. The first-order valence-corrected chi connectivity index (χ1v) is 8.66. The summed E-state index contributed by atoms with van der Waals surface area (Å²) in [6, 6.07) is 12.1. The van der Waals surface area contributed by atoms with Gasteiger partial charge in [-0.3, -0.25) is 0 Å². The molecule has 6 heteroatoms. The van der Waals surface area contributed by atoms with E-state index in [4.69, 9.17) is 17.3 Å². The third-order valence-electron chi connectivity index (χ3n) is 3.19. The second-order valence-electron chi connectivity index (χ2n) is 4.91. The molecule has 0 aliphatic carbocycles. The molecule has 0 fully saturated rings. The van der Waals surface area contributed by atoms with Crippen LogP contribution in [0.3, 0.4) is 0 Å². The van der Waals surface area contributed by atoms with Gasteiger partial charge in [-0.1, -0.05) is 29.8 Å². The third-order valence-corrected chi connectivity index (χ3v) is 4.65. The van der Waals surface area contributed by atoms with Crippen LogP contribution in [0.25, 0.3) is 0 Å². The molecule has 112 valence electrons. The standard InChI is InChI=1S/C15H17ClN2O2S/c1-10(12-5-3-4-6-13(12)16)18-15-8-7-11(9-14(15)17)21(2,19)20/h3-10,18H,17H2,1-2H3. The molecular formula is C15H17ClN2O2S. The molecule has 21 heavy (non-hydrogen) atoms. The Labute approximate surface area is 129 Å². The van der Waals surface area contributed by atoms with Gasteiger partial charge in [0.05, 0.1) is 22.3 Å². The number of nitrogens with one attached hydrogen (secondary N) is 1. The fourth-order valence-electron chi connectivity index (χ4n) is 2.04. The largest absolute Gasteiger partial charge is 0.397 e. The summed E-state index contributed by atoms with van der Waals surface area (Å²) >= 11 is 6.16. The van der Waals surface area contributed by atoms with Crippen LogP contribution in [0.5, 0.6) is 0 Å². The average molecular weight is 325 g/mol. The average Bonchev–Trinajstić information content (AvgIpc) is 2.40. The van der Waals surface area contributed by atoms with Crippen LogP contribution in [0, 0.1) is 0 Å². The second kappa shape index (κ2) is 5.95. The smallest absolute Gasteiger partial charge is 0.175 e. The van der Waals surface area contributed by atoms with Crippen molar-refractivity contribution in [3.8, 4) is 0 Å². The van der Waals surface area contributed by atoms with Crippen LogP contribution in [0.2, 0.25) is 5.02 Å². The zero-order valence-electron chi connectivity index (χ0n) is 11.8. The SMILES string of the molecule is CC(Nc1ccc(S(C)(=O)=O)cc1N)c1ccccc1Cl. The van der Waals surface area contributed by atoms with E-state index in [-0.39, 0.29) is 10.9 Å². The molecule has 0 spiro atoms. The van der Waals surface area contributed by atoms with Gasteiger partial charge < -0.3 is 11.1 Å². The molecule has 0 amide bonds. The van der Waals surface area contributed by atoms with E-state index in [0.717, 1.165) is 11.8 Å². The minimum Gasteiger partial charge on any atom is -0.397 e. The monoisotopic (exact) mass is 324 g/mol. The van der Waals surface area contributed by atoms with Gasteiger partial charge in [0, 0.05) is 11.3 Å². The zero-order valence-corrected chi connectivity index (χ0v) is 13.4. The van der Waals surface area contributed by atoms with Gasteiger partial charge in [0.25, 0.3) is 0 Å². The molecule has 0 saturated carbocycles. The summed E-state index contributed by atoms with van der Waals surface area (Å²) in [6.07, 6.45) is 1.15. The van der Waals surface area contributed by atoms with E-state index in [1.807, 2.05) is 31.2 Å². The van der Waals surface area contributed by atoms with Crippen molar-refractivity contribution in [1.29, 1.82) is 0 Å². The van der Waals surface area contributed by atoms with Crippen LogP contribution in [-0.2, 0) is 9.84 Å². The van der Waals surface area contributed by atoms with E-state index in [1.54, 1.807) is 6.07 Å². The minimum atomic E-state index is -3.26. The number of hydrogen-bond donors (Lipinski definition) is 2. The highest BCUT2D eigenvalue weighted by molar-refractivity contribution is 7.90. The molecule has 2 rings (SSSR count). The zero-order chi connectivity index (χ0) is 15.6. The van der Waals surface area contributed by atoms with E-state index in [0.29, 0.717) is 16.4 Å². The van der Waals surface area contributed by atoms with Crippen molar-refractivity contribution < 1.29 is 8.42 Å². The topological polar surface area (TPSA) is 72.2 Å². The Hall–Kier alpha value is -1.72. The van der Waals surface area contributed by atoms with Gasteiger partial charge in [0.15, 0.2) is 9.84 Å². The van der Waals surface area contributed by atoms with Crippen LogP contribution in [0.1, 0.15) is 18.5 Å². The first kappa shape index (κ1) is 15.7. The van der Waals surface area contributed by atoms with Gasteiger partial charge in [-0.25, -0.2) is 8.42 Å². The van der Waals surface area contributed by atoms with Crippen LogP contribution >= 0.6 is 11.6 Å². The fraction of sp³-hybridized carbons (Fsp3) is 0.200. The van der Waals surface area contributed by atoms with Crippen LogP contribution in [0.15, 0.2) is 47.4 Å². The third kappa shape index (κ3) is 3.68. The van der Waals surface area contributed by atoms with Crippen LogP contribution < -0.4 is 11.1 Å².